The van der Waals surface area contributed by atoms with Crippen LogP contribution in [0.15, 0.2) is 6.20 Å². The Morgan fingerprint density at radius 3 is 2.12 bits per heavy atom. The Hall–Kier alpha value is -0.515. The van der Waals surface area contributed by atoms with Crippen molar-refractivity contribution in [3.8, 4) is 0 Å². The molecular weight excluding hydrogens is 226 g/mol. The van der Waals surface area contributed by atoms with Gasteiger partial charge in [0.05, 0.1) is 16.8 Å². The van der Waals surface area contributed by atoms with Gasteiger partial charge in [0.25, 0.3) is 0 Å². The molecule has 88 valence electrons. The van der Waals surface area contributed by atoms with Gasteiger partial charge in [0.2, 0.25) is 5.28 Å². The van der Waals surface area contributed by atoms with Crippen molar-refractivity contribution in [2.45, 2.75) is 38.9 Å². The van der Waals surface area contributed by atoms with Crippen LogP contribution in [0.4, 0.5) is 0 Å². The second-order valence-corrected chi connectivity index (χ2v) is 5.44. The molecule has 0 N–H and O–H groups in total. The lowest BCUT2D eigenvalue weighted by Crippen LogP contribution is -2.41. The van der Waals surface area contributed by atoms with Crippen LogP contribution in [-0.2, 0) is 16.4 Å². The molecule has 0 bridgehead atoms. The highest BCUT2D eigenvalue weighted by Crippen LogP contribution is 2.36. The maximum Gasteiger partial charge on any atom is 0.514 e. The van der Waals surface area contributed by atoms with Gasteiger partial charge in [-0.05, 0) is 39.3 Å². The Bertz CT molecular complexity index is 401. The van der Waals surface area contributed by atoms with E-state index < -0.39 is 7.12 Å². The average Bonchev–Trinajstić information content (AvgIpc) is 2.54. The highest BCUT2D eigenvalue weighted by molar-refractivity contribution is 6.61. The van der Waals surface area contributed by atoms with Crippen molar-refractivity contribution in [1.29, 1.82) is 0 Å². The Kier molecular flexibility index (Phi) is 2.61. The summed E-state index contributed by atoms with van der Waals surface area (Å²) in [6.07, 6.45) is 1.68. The van der Waals surface area contributed by atoms with Crippen molar-refractivity contribution in [3.05, 3.63) is 11.5 Å². The Morgan fingerprint density at radius 2 is 1.75 bits per heavy atom. The van der Waals surface area contributed by atoms with Crippen molar-refractivity contribution in [2.75, 3.05) is 0 Å². The molecule has 16 heavy (non-hydrogen) atoms. The molecule has 2 rings (SSSR count). The second-order valence-electron chi connectivity index (χ2n) is 5.10. The summed E-state index contributed by atoms with van der Waals surface area (Å²) in [6.45, 7) is 8.08. The van der Waals surface area contributed by atoms with Crippen LogP contribution in [0.5, 0.6) is 0 Å². The van der Waals surface area contributed by atoms with Crippen molar-refractivity contribution in [3.63, 3.8) is 0 Å². The van der Waals surface area contributed by atoms with Crippen LogP contribution in [0.2, 0.25) is 5.28 Å². The maximum absolute atomic E-state index is 5.90. The molecule has 0 amide bonds. The van der Waals surface area contributed by atoms with Crippen LogP contribution in [0.1, 0.15) is 27.7 Å². The predicted octanol–water partition coefficient (Wildman–Crippen LogP) is 1.37. The van der Waals surface area contributed by atoms with E-state index >= 15 is 0 Å². The summed E-state index contributed by atoms with van der Waals surface area (Å²) in [4.78, 5) is 4.02. The monoisotopic (exact) mass is 242 g/mol. The van der Waals surface area contributed by atoms with Gasteiger partial charge in [-0.3, -0.25) is 0 Å². The quantitative estimate of drug-likeness (QED) is 0.698. The van der Waals surface area contributed by atoms with Crippen LogP contribution in [0.25, 0.3) is 0 Å². The fourth-order valence-electron chi connectivity index (χ4n) is 1.58. The molecule has 2 heterocycles. The SMILES string of the molecule is Cn1c(B2OC(C)(C)C(C)(C)O2)cnc1Cl. The first kappa shape index (κ1) is 12.0. The highest BCUT2D eigenvalue weighted by atomic mass is 35.5. The minimum absolute atomic E-state index is 0.339. The van der Waals surface area contributed by atoms with Gasteiger partial charge in [-0.2, -0.15) is 0 Å². The fraction of sp³-hybridized carbons (Fsp3) is 0.700. The Labute approximate surface area is 101 Å². The summed E-state index contributed by atoms with van der Waals surface area (Å²) in [5.41, 5.74) is 0.159. The molecule has 0 aliphatic carbocycles. The van der Waals surface area contributed by atoms with Crippen LogP contribution in [0, 0.1) is 0 Å². The minimum Gasteiger partial charge on any atom is -0.398 e. The first-order valence-electron chi connectivity index (χ1n) is 5.27. The highest BCUT2D eigenvalue weighted by Gasteiger charge is 2.52. The Balaban J connectivity index is 2.30. The second kappa shape index (κ2) is 3.49. The van der Waals surface area contributed by atoms with Gasteiger partial charge in [0, 0.05) is 13.2 Å². The molecule has 1 aromatic rings. The van der Waals surface area contributed by atoms with Crippen LogP contribution < -0.4 is 5.59 Å². The third kappa shape index (κ3) is 1.67. The van der Waals surface area contributed by atoms with Gasteiger partial charge in [-0.1, -0.05) is 0 Å². The standard InChI is InChI=1S/C10H16BClN2O2/c1-9(2)10(3,4)16-11(15-9)7-6-13-8(12)14(7)5/h6H,1-5H3. The largest absolute Gasteiger partial charge is 0.514 e. The number of halogens is 1. The summed E-state index contributed by atoms with van der Waals surface area (Å²) in [5, 5.41) is 0.435. The lowest BCUT2D eigenvalue weighted by atomic mass is 9.85. The molecule has 0 radical (unpaired) electrons. The minimum atomic E-state index is -0.407. The first-order valence-corrected chi connectivity index (χ1v) is 5.65. The fourth-order valence-corrected chi connectivity index (χ4v) is 1.73. The van der Waals surface area contributed by atoms with E-state index in [4.69, 9.17) is 20.9 Å². The molecule has 1 aliphatic rings. The van der Waals surface area contributed by atoms with Gasteiger partial charge in [0.15, 0.2) is 0 Å². The number of hydrogen-bond donors (Lipinski definition) is 0. The van der Waals surface area contributed by atoms with Crippen molar-refractivity contribution in [2.24, 2.45) is 7.05 Å². The molecule has 4 nitrogen and oxygen atoms in total. The molecule has 1 aromatic heterocycles. The summed E-state index contributed by atoms with van der Waals surface area (Å²) in [7, 11) is 1.44. The number of rotatable bonds is 1. The summed E-state index contributed by atoms with van der Waals surface area (Å²) in [5.74, 6) is 0. The molecule has 0 saturated carbocycles. The average molecular weight is 243 g/mol. The van der Waals surface area contributed by atoms with Crippen molar-refractivity contribution in [1.82, 2.24) is 9.55 Å². The topological polar surface area (TPSA) is 36.3 Å². The molecule has 0 unspecified atom stereocenters. The first-order chi connectivity index (χ1) is 7.24. The summed E-state index contributed by atoms with van der Waals surface area (Å²) >= 11 is 5.89. The van der Waals surface area contributed by atoms with E-state index in [2.05, 4.69) is 4.98 Å². The zero-order valence-electron chi connectivity index (χ0n) is 10.2. The maximum atomic E-state index is 5.90. The zero-order chi connectivity index (χ0) is 12.1. The van der Waals surface area contributed by atoms with Crippen LogP contribution in [0.3, 0.4) is 0 Å². The van der Waals surface area contributed by atoms with E-state index in [1.165, 1.54) is 0 Å². The molecular formula is C10H16BClN2O2. The smallest absolute Gasteiger partial charge is 0.398 e. The van der Waals surface area contributed by atoms with Crippen molar-refractivity contribution >= 4 is 24.3 Å². The summed E-state index contributed by atoms with van der Waals surface area (Å²) in [6, 6.07) is 0. The number of hydrogen-bond acceptors (Lipinski definition) is 3. The van der Waals surface area contributed by atoms with Crippen LogP contribution >= 0.6 is 11.6 Å². The lowest BCUT2D eigenvalue weighted by Gasteiger charge is -2.32. The molecule has 0 spiro atoms. The zero-order valence-corrected chi connectivity index (χ0v) is 11.0. The van der Waals surface area contributed by atoms with Gasteiger partial charge in [-0.25, -0.2) is 4.98 Å². The van der Waals surface area contributed by atoms with E-state index in [9.17, 15) is 0 Å². The van der Waals surface area contributed by atoms with E-state index in [1.54, 1.807) is 10.8 Å². The molecule has 6 heteroatoms. The van der Waals surface area contributed by atoms with Gasteiger partial charge in [0.1, 0.15) is 0 Å². The predicted molar refractivity (Wildman–Crippen MR) is 63.9 cm³/mol. The van der Waals surface area contributed by atoms with Crippen molar-refractivity contribution < 1.29 is 9.31 Å². The molecule has 1 aliphatic heterocycles. The Morgan fingerprint density at radius 1 is 1.25 bits per heavy atom. The van der Waals surface area contributed by atoms with Gasteiger partial charge < -0.3 is 13.9 Å². The number of aromatic nitrogens is 2. The van der Waals surface area contributed by atoms with Crippen LogP contribution in [-0.4, -0.2) is 27.9 Å². The van der Waals surface area contributed by atoms with E-state index in [0.29, 0.717) is 5.28 Å². The normalized spacial score (nSPS) is 22.8. The van der Waals surface area contributed by atoms with Gasteiger partial charge >= 0.3 is 7.12 Å². The third-order valence-electron chi connectivity index (χ3n) is 3.46. The molecule has 0 aromatic carbocycles. The third-order valence-corrected chi connectivity index (χ3v) is 3.81. The molecule has 1 fully saturated rings. The number of nitrogens with zero attached hydrogens (tertiary/aromatic N) is 2. The van der Waals surface area contributed by atoms with E-state index in [-0.39, 0.29) is 11.2 Å². The van der Waals surface area contributed by atoms with E-state index in [0.717, 1.165) is 5.59 Å². The van der Waals surface area contributed by atoms with Gasteiger partial charge in [-0.15, -0.1) is 0 Å². The van der Waals surface area contributed by atoms with E-state index in [1.807, 2.05) is 34.7 Å². The number of imidazole rings is 1. The summed E-state index contributed by atoms with van der Waals surface area (Å²) < 4.78 is 13.6. The molecule has 1 saturated heterocycles. The molecule has 0 atom stereocenters. The lowest BCUT2D eigenvalue weighted by molar-refractivity contribution is 0.00578.